The number of aryl methyl sites for hydroxylation is 2. The van der Waals surface area contributed by atoms with Gasteiger partial charge in [0.1, 0.15) is 11.5 Å². The summed E-state index contributed by atoms with van der Waals surface area (Å²) in [7, 11) is 0. The Balaban J connectivity index is 0.990. The molecule has 4 aliphatic carbocycles. The zero-order chi connectivity index (χ0) is 33.9. The van der Waals surface area contributed by atoms with Crippen LogP contribution >= 0.6 is 0 Å². The molecule has 4 fully saturated rings. The van der Waals surface area contributed by atoms with Gasteiger partial charge in [-0.05, 0) is 149 Å². The molecule has 8 rings (SSSR count). The summed E-state index contributed by atoms with van der Waals surface area (Å²) in [5, 5.41) is 0. The summed E-state index contributed by atoms with van der Waals surface area (Å²) in [6, 6.07) is 9.36. The molecule has 50 heavy (non-hydrogen) atoms. The predicted molar refractivity (Wildman–Crippen MR) is 197 cm³/mol. The molecule has 2 heterocycles. The second-order valence-electron chi connectivity index (χ2n) is 17.0. The maximum Gasteiger partial charge on any atom is 0.160 e. The molecule has 2 saturated carbocycles. The van der Waals surface area contributed by atoms with Gasteiger partial charge in [0.15, 0.2) is 12.6 Å². The first kappa shape index (κ1) is 34.9. The van der Waals surface area contributed by atoms with Gasteiger partial charge in [-0.25, -0.2) is 0 Å². The molecule has 2 aliphatic heterocycles. The van der Waals surface area contributed by atoms with Crippen molar-refractivity contribution in [3.8, 4) is 22.6 Å². The van der Waals surface area contributed by atoms with Gasteiger partial charge in [0.2, 0.25) is 0 Å². The highest BCUT2D eigenvalue weighted by molar-refractivity contribution is 5.83. The van der Waals surface area contributed by atoms with Crippen LogP contribution in [-0.2, 0) is 44.6 Å². The molecular formula is C44H62O6. The molecule has 2 aromatic carbocycles. The molecule has 2 saturated heterocycles. The molecule has 0 unspecified atom stereocenters. The minimum atomic E-state index is -0.0122. The fourth-order valence-electron chi connectivity index (χ4n) is 9.84. The number of benzene rings is 2. The van der Waals surface area contributed by atoms with Crippen LogP contribution in [0.5, 0.6) is 11.5 Å². The second kappa shape index (κ2) is 16.3. The largest absolute Gasteiger partial charge is 0.493 e. The van der Waals surface area contributed by atoms with Crippen molar-refractivity contribution >= 4 is 0 Å². The van der Waals surface area contributed by atoms with Gasteiger partial charge in [-0.15, -0.1) is 0 Å². The molecule has 0 atom stereocenters. The van der Waals surface area contributed by atoms with Gasteiger partial charge >= 0.3 is 0 Å². The standard InChI is InChI=1S/C44H62O6/c1-29-23-47-43(48-24-29)35-15-11-31(12-16-35)27-45-39-21-19-33-7-3-5-9-37(33)41(39)42-38-10-6-4-8-34(38)20-22-40(42)46-28-32-13-17-36(18-14-32)44-49-25-30(2)26-50-44/h19-22,29-32,35-36,43-44H,3-18,23-28H2,1-2H3. The van der Waals surface area contributed by atoms with E-state index in [1.54, 1.807) is 0 Å². The first-order valence-corrected chi connectivity index (χ1v) is 20.6. The Morgan fingerprint density at radius 3 is 1.28 bits per heavy atom. The van der Waals surface area contributed by atoms with Crippen molar-refractivity contribution in [1.82, 2.24) is 0 Å². The Hall–Kier alpha value is -2.12. The number of hydrogen-bond donors (Lipinski definition) is 0. The Kier molecular flexibility index (Phi) is 11.4. The normalized spacial score (nSPS) is 33.2. The molecule has 274 valence electrons. The van der Waals surface area contributed by atoms with Gasteiger partial charge < -0.3 is 28.4 Å². The van der Waals surface area contributed by atoms with Crippen LogP contribution in [0.2, 0.25) is 0 Å². The lowest BCUT2D eigenvalue weighted by Crippen LogP contribution is -2.38. The molecule has 0 aromatic heterocycles. The second-order valence-corrected chi connectivity index (χ2v) is 17.0. The van der Waals surface area contributed by atoms with Gasteiger partial charge in [0.05, 0.1) is 39.6 Å². The highest BCUT2D eigenvalue weighted by Crippen LogP contribution is 2.48. The van der Waals surface area contributed by atoms with Gasteiger partial charge in [-0.1, -0.05) is 26.0 Å². The van der Waals surface area contributed by atoms with Crippen LogP contribution in [0.1, 0.15) is 113 Å². The number of rotatable bonds is 9. The van der Waals surface area contributed by atoms with Gasteiger partial charge in [0.25, 0.3) is 0 Å². The lowest BCUT2D eigenvalue weighted by atomic mass is 9.80. The summed E-state index contributed by atoms with van der Waals surface area (Å²) in [6.45, 7) is 9.29. The Morgan fingerprint density at radius 1 is 0.500 bits per heavy atom. The van der Waals surface area contributed by atoms with E-state index in [1.807, 2.05) is 0 Å². The summed E-state index contributed by atoms with van der Waals surface area (Å²) >= 11 is 0. The monoisotopic (exact) mass is 686 g/mol. The zero-order valence-electron chi connectivity index (χ0n) is 30.9. The minimum absolute atomic E-state index is 0.0122. The van der Waals surface area contributed by atoms with E-state index in [1.165, 1.54) is 97.6 Å². The molecule has 6 aliphatic rings. The lowest BCUT2D eigenvalue weighted by molar-refractivity contribution is -0.227. The van der Waals surface area contributed by atoms with E-state index >= 15 is 0 Å². The van der Waals surface area contributed by atoms with Crippen molar-refractivity contribution in [3.05, 3.63) is 46.5 Å². The topological polar surface area (TPSA) is 55.4 Å². The van der Waals surface area contributed by atoms with Gasteiger partial charge in [-0.2, -0.15) is 0 Å². The van der Waals surface area contributed by atoms with Crippen LogP contribution in [-0.4, -0.2) is 52.2 Å². The molecule has 0 spiro atoms. The van der Waals surface area contributed by atoms with Crippen molar-refractivity contribution in [2.45, 2.75) is 129 Å². The smallest absolute Gasteiger partial charge is 0.160 e. The van der Waals surface area contributed by atoms with E-state index < -0.39 is 0 Å². The third-order valence-corrected chi connectivity index (χ3v) is 12.9. The van der Waals surface area contributed by atoms with Crippen molar-refractivity contribution in [2.24, 2.45) is 35.5 Å². The van der Waals surface area contributed by atoms with Crippen molar-refractivity contribution in [1.29, 1.82) is 0 Å². The first-order valence-electron chi connectivity index (χ1n) is 20.6. The van der Waals surface area contributed by atoms with Crippen molar-refractivity contribution < 1.29 is 28.4 Å². The fourth-order valence-corrected chi connectivity index (χ4v) is 9.84. The molecule has 0 N–H and O–H groups in total. The maximum atomic E-state index is 6.97. The van der Waals surface area contributed by atoms with Crippen LogP contribution in [0, 0.1) is 35.5 Å². The quantitative estimate of drug-likeness (QED) is 0.262. The minimum Gasteiger partial charge on any atom is -0.493 e. The predicted octanol–water partition coefficient (Wildman–Crippen LogP) is 9.50. The number of fused-ring (bicyclic) bond motifs is 2. The van der Waals surface area contributed by atoms with Crippen LogP contribution in [0.4, 0.5) is 0 Å². The van der Waals surface area contributed by atoms with Crippen molar-refractivity contribution in [2.75, 3.05) is 39.6 Å². The third kappa shape index (κ3) is 7.94. The molecule has 0 amide bonds. The summed E-state index contributed by atoms with van der Waals surface area (Å²) < 4.78 is 38.3. The average molecular weight is 687 g/mol. The third-order valence-electron chi connectivity index (χ3n) is 12.9. The van der Waals surface area contributed by atoms with Crippen LogP contribution in [0.25, 0.3) is 11.1 Å². The van der Waals surface area contributed by atoms with E-state index in [9.17, 15) is 0 Å². The molecule has 2 aromatic rings. The van der Waals surface area contributed by atoms with Crippen LogP contribution in [0.15, 0.2) is 24.3 Å². The summed E-state index contributed by atoms with van der Waals surface area (Å²) in [5.74, 6) is 5.33. The van der Waals surface area contributed by atoms with Crippen LogP contribution < -0.4 is 9.47 Å². The molecule has 6 nitrogen and oxygen atoms in total. The Morgan fingerprint density at radius 2 is 0.880 bits per heavy atom. The Labute approximate surface area is 301 Å². The fraction of sp³-hybridized carbons (Fsp3) is 0.727. The molecular weight excluding hydrogens is 624 g/mol. The van der Waals surface area contributed by atoms with Crippen LogP contribution in [0.3, 0.4) is 0 Å². The molecule has 0 bridgehead atoms. The van der Waals surface area contributed by atoms with E-state index in [2.05, 4.69) is 38.1 Å². The summed E-state index contributed by atoms with van der Waals surface area (Å²) in [4.78, 5) is 0. The average Bonchev–Trinajstić information content (AvgIpc) is 3.17. The number of hydrogen-bond acceptors (Lipinski definition) is 6. The first-order chi connectivity index (χ1) is 24.6. The number of ether oxygens (including phenoxy) is 6. The molecule has 0 radical (unpaired) electrons. The van der Waals surface area contributed by atoms with Crippen molar-refractivity contribution in [3.63, 3.8) is 0 Å². The Bertz CT molecular complexity index is 1300. The SMILES string of the molecule is CC1COC(C2CCC(COc3ccc4c(c3-c3c(OCC5CCC(C6OCC(C)CO6)CC5)ccc5c3CCCC5)CCCC4)CC2)OC1. The van der Waals surface area contributed by atoms with E-state index in [4.69, 9.17) is 28.4 Å². The van der Waals surface area contributed by atoms with E-state index in [-0.39, 0.29) is 12.6 Å². The highest BCUT2D eigenvalue weighted by atomic mass is 16.7. The van der Waals surface area contributed by atoms with E-state index in [0.29, 0.717) is 35.5 Å². The summed E-state index contributed by atoms with van der Waals surface area (Å²) in [6.07, 6.45) is 19.0. The molecule has 6 heteroatoms. The lowest BCUT2D eigenvalue weighted by Gasteiger charge is -2.37. The summed E-state index contributed by atoms with van der Waals surface area (Å²) in [5.41, 5.74) is 8.77. The zero-order valence-corrected chi connectivity index (χ0v) is 30.9. The van der Waals surface area contributed by atoms with Gasteiger partial charge in [-0.3, -0.25) is 0 Å². The maximum absolute atomic E-state index is 6.97. The highest BCUT2D eigenvalue weighted by Gasteiger charge is 2.34. The van der Waals surface area contributed by atoms with E-state index in [0.717, 1.165) is 89.7 Å². The van der Waals surface area contributed by atoms with Gasteiger partial charge in [0, 0.05) is 34.8 Å².